The van der Waals surface area contributed by atoms with Gasteiger partial charge in [0.1, 0.15) is 5.75 Å². The number of halogens is 1. The van der Waals surface area contributed by atoms with Gasteiger partial charge in [-0.2, -0.15) is 0 Å². The van der Waals surface area contributed by atoms with Crippen LogP contribution in [0.1, 0.15) is 5.56 Å². The minimum atomic E-state index is -0.528. The van der Waals surface area contributed by atoms with Crippen LogP contribution in [0.15, 0.2) is 24.3 Å². The summed E-state index contributed by atoms with van der Waals surface area (Å²) in [5.41, 5.74) is 1.06. The number of benzene rings is 1. The highest BCUT2D eigenvalue weighted by Gasteiger charge is 2.01. The summed E-state index contributed by atoms with van der Waals surface area (Å²) in [6.45, 7) is 0.517. The summed E-state index contributed by atoms with van der Waals surface area (Å²) >= 11 is 5.14. The molecule has 76 valence electrons. The second kappa shape index (κ2) is 5.50. The van der Waals surface area contributed by atoms with Crippen molar-refractivity contribution in [2.24, 2.45) is 0 Å². The van der Waals surface area contributed by atoms with Gasteiger partial charge in [-0.1, -0.05) is 18.2 Å². The van der Waals surface area contributed by atoms with Crippen molar-refractivity contribution in [2.75, 3.05) is 13.7 Å². The number of hydrogen-bond acceptors (Lipinski definition) is 2. The van der Waals surface area contributed by atoms with Crippen LogP contribution in [0.25, 0.3) is 0 Å². The van der Waals surface area contributed by atoms with Gasteiger partial charge in [0.05, 0.1) is 7.11 Å². The van der Waals surface area contributed by atoms with E-state index in [1.807, 2.05) is 24.3 Å². The number of amides is 1. The molecule has 1 rings (SSSR count). The van der Waals surface area contributed by atoms with Crippen molar-refractivity contribution in [3.05, 3.63) is 29.8 Å². The second-order valence-corrected chi connectivity index (χ2v) is 3.11. The normalized spacial score (nSPS) is 9.57. The molecule has 0 spiro atoms. The summed E-state index contributed by atoms with van der Waals surface area (Å²) in [4.78, 5) is 10.4. The third-order valence-corrected chi connectivity index (χ3v) is 1.98. The van der Waals surface area contributed by atoms with Gasteiger partial charge in [0.15, 0.2) is 0 Å². The molecule has 3 nitrogen and oxygen atoms in total. The standard InChI is InChI=1S/C10H12ClNO2/c1-14-9-5-3-2-4-8(9)6-7-12-10(11)13/h2-5H,6-7H2,1H3,(H,12,13). The van der Waals surface area contributed by atoms with E-state index in [0.29, 0.717) is 13.0 Å². The number of ether oxygens (including phenoxy) is 1. The van der Waals surface area contributed by atoms with Crippen molar-refractivity contribution in [3.8, 4) is 5.75 Å². The van der Waals surface area contributed by atoms with Gasteiger partial charge in [-0.25, -0.2) is 0 Å². The zero-order valence-corrected chi connectivity index (χ0v) is 8.67. The first-order valence-electron chi connectivity index (χ1n) is 4.29. The summed E-state index contributed by atoms with van der Waals surface area (Å²) in [5.74, 6) is 0.830. The minimum Gasteiger partial charge on any atom is -0.496 e. The number of hydrogen-bond donors (Lipinski definition) is 1. The molecule has 0 aliphatic heterocycles. The summed E-state index contributed by atoms with van der Waals surface area (Å²) < 4.78 is 5.16. The van der Waals surface area contributed by atoms with Gasteiger partial charge >= 0.3 is 5.37 Å². The van der Waals surface area contributed by atoms with Crippen molar-refractivity contribution >= 4 is 17.0 Å². The predicted octanol–water partition coefficient (Wildman–Crippen LogP) is 2.19. The van der Waals surface area contributed by atoms with Gasteiger partial charge in [-0.3, -0.25) is 4.79 Å². The molecule has 0 fully saturated rings. The second-order valence-electron chi connectivity index (χ2n) is 2.76. The molecular formula is C10H12ClNO2. The lowest BCUT2D eigenvalue weighted by atomic mass is 10.1. The third-order valence-electron chi connectivity index (χ3n) is 1.85. The van der Waals surface area contributed by atoms with E-state index in [2.05, 4.69) is 5.32 Å². The lowest BCUT2D eigenvalue weighted by molar-refractivity contribution is 0.260. The third kappa shape index (κ3) is 3.26. The Bertz CT molecular complexity index is 315. The maximum Gasteiger partial charge on any atom is 0.313 e. The Hall–Kier alpha value is -1.22. The van der Waals surface area contributed by atoms with E-state index in [1.54, 1.807) is 7.11 Å². The van der Waals surface area contributed by atoms with E-state index in [9.17, 15) is 4.79 Å². The van der Waals surface area contributed by atoms with Crippen LogP contribution in [0.4, 0.5) is 4.79 Å². The fourth-order valence-electron chi connectivity index (χ4n) is 1.20. The Labute approximate surface area is 88.0 Å². The van der Waals surface area contributed by atoms with Gasteiger partial charge < -0.3 is 10.1 Å². The van der Waals surface area contributed by atoms with Crippen LogP contribution in [0.5, 0.6) is 5.75 Å². The van der Waals surface area contributed by atoms with Gasteiger partial charge in [-0.05, 0) is 29.7 Å². The van der Waals surface area contributed by atoms with Crippen LogP contribution in [0.3, 0.4) is 0 Å². The number of para-hydroxylation sites is 1. The van der Waals surface area contributed by atoms with E-state index < -0.39 is 5.37 Å². The van der Waals surface area contributed by atoms with E-state index >= 15 is 0 Å². The maximum atomic E-state index is 10.4. The lowest BCUT2D eigenvalue weighted by Crippen LogP contribution is -2.19. The molecule has 1 aromatic carbocycles. The Balaban J connectivity index is 2.53. The zero-order valence-electron chi connectivity index (χ0n) is 7.92. The molecule has 1 amide bonds. The maximum absolute atomic E-state index is 10.4. The molecule has 0 aliphatic rings. The van der Waals surface area contributed by atoms with Crippen LogP contribution in [-0.4, -0.2) is 19.0 Å². The fourth-order valence-corrected chi connectivity index (χ4v) is 1.30. The lowest BCUT2D eigenvalue weighted by Gasteiger charge is -2.07. The largest absolute Gasteiger partial charge is 0.496 e. The number of methoxy groups -OCH3 is 1. The van der Waals surface area contributed by atoms with Gasteiger partial charge in [0.2, 0.25) is 0 Å². The molecule has 14 heavy (non-hydrogen) atoms. The van der Waals surface area contributed by atoms with Gasteiger partial charge in [-0.15, -0.1) is 0 Å². The molecule has 1 N–H and O–H groups in total. The summed E-state index contributed by atoms with van der Waals surface area (Å²) in [6.07, 6.45) is 0.711. The molecular weight excluding hydrogens is 202 g/mol. The first-order chi connectivity index (χ1) is 6.74. The van der Waals surface area contributed by atoms with E-state index in [1.165, 1.54) is 0 Å². The smallest absolute Gasteiger partial charge is 0.313 e. The number of carbonyl (C=O) groups is 1. The molecule has 0 saturated carbocycles. The van der Waals surface area contributed by atoms with Crippen molar-refractivity contribution in [3.63, 3.8) is 0 Å². The van der Waals surface area contributed by atoms with Crippen LogP contribution in [0, 0.1) is 0 Å². The van der Waals surface area contributed by atoms with Crippen LogP contribution < -0.4 is 10.1 Å². The highest BCUT2D eigenvalue weighted by molar-refractivity contribution is 6.62. The molecule has 4 heteroatoms. The summed E-state index contributed by atoms with van der Waals surface area (Å²) in [6, 6.07) is 7.68. The van der Waals surface area contributed by atoms with E-state index in [4.69, 9.17) is 16.3 Å². The molecule has 0 bridgehead atoms. The van der Waals surface area contributed by atoms with Crippen molar-refractivity contribution < 1.29 is 9.53 Å². The molecule has 0 atom stereocenters. The molecule has 0 saturated heterocycles. The molecule has 1 aromatic rings. The number of carbonyl (C=O) groups excluding carboxylic acids is 1. The van der Waals surface area contributed by atoms with Gasteiger partial charge in [0.25, 0.3) is 0 Å². The molecule has 0 aliphatic carbocycles. The fraction of sp³-hybridized carbons (Fsp3) is 0.300. The van der Waals surface area contributed by atoms with E-state index in [0.717, 1.165) is 11.3 Å². The van der Waals surface area contributed by atoms with Gasteiger partial charge in [0, 0.05) is 6.54 Å². The van der Waals surface area contributed by atoms with E-state index in [-0.39, 0.29) is 0 Å². The van der Waals surface area contributed by atoms with Crippen LogP contribution in [-0.2, 0) is 6.42 Å². The first kappa shape index (κ1) is 10.9. The number of rotatable bonds is 4. The Morgan fingerprint density at radius 1 is 1.50 bits per heavy atom. The summed E-state index contributed by atoms with van der Waals surface area (Å²) in [5, 5.41) is 1.99. The monoisotopic (exact) mass is 213 g/mol. The van der Waals surface area contributed by atoms with Crippen molar-refractivity contribution in [2.45, 2.75) is 6.42 Å². The minimum absolute atomic E-state index is 0.517. The Morgan fingerprint density at radius 3 is 2.86 bits per heavy atom. The predicted molar refractivity (Wildman–Crippen MR) is 55.9 cm³/mol. The average Bonchev–Trinajstić information content (AvgIpc) is 2.18. The topological polar surface area (TPSA) is 38.3 Å². The highest BCUT2D eigenvalue weighted by atomic mass is 35.5. The highest BCUT2D eigenvalue weighted by Crippen LogP contribution is 2.17. The van der Waals surface area contributed by atoms with Crippen LogP contribution in [0.2, 0.25) is 0 Å². The zero-order chi connectivity index (χ0) is 10.4. The SMILES string of the molecule is COc1ccccc1CCNC(=O)Cl. The van der Waals surface area contributed by atoms with Crippen molar-refractivity contribution in [1.82, 2.24) is 5.32 Å². The summed E-state index contributed by atoms with van der Waals surface area (Å²) in [7, 11) is 1.62. The molecule has 0 aromatic heterocycles. The van der Waals surface area contributed by atoms with Crippen molar-refractivity contribution in [1.29, 1.82) is 0 Å². The van der Waals surface area contributed by atoms with Crippen LogP contribution >= 0.6 is 11.6 Å². The Morgan fingerprint density at radius 2 is 2.21 bits per heavy atom. The quantitative estimate of drug-likeness (QED) is 0.615. The first-order valence-corrected chi connectivity index (χ1v) is 4.67. The number of nitrogens with one attached hydrogen (secondary N) is 1. The molecule has 0 heterocycles. The molecule has 0 radical (unpaired) electrons. The average molecular weight is 214 g/mol. The Kier molecular flexibility index (Phi) is 4.26. The molecule has 0 unspecified atom stereocenters.